The second-order valence-corrected chi connectivity index (χ2v) is 7.80. The van der Waals surface area contributed by atoms with E-state index in [4.69, 9.17) is 14.0 Å². The molecule has 23 heavy (non-hydrogen) atoms. The van der Waals surface area contributed by atoms with Crippen molar-refractivity contribution in [2.45, 2.75) is 69.7 Å². The van der Waals surface area contributed by atoms with Crippen LogP contribution in [0.4, 0.5) is 0 Å². The van der Waals surface area contributed by atoms with Crippen LogP contribution in [0, 0.1) is 0 Å². The van der Waals surface area contributed by atoms with Crippen molar-refractivity contribution < 1.29 is 38.8 Å². The topological polar surface area (TPSA) is 126 Å². The van der Waals surface area contributed by atoms with Gasteiger partial charge in [-0.25, -0.2) is 0 Å². The lowest BCUT2D eigenvalue weighted by Crippen LogP contribution is -2.59. The van der Waals surface area contributed by atoms with E-state index in [-0.39, 0.29) is 12.8 Å². The monoisotopic (exact) mass is 356 g/mol. The molecule has 0 aromatic carbocycles. The van der Waals surface area contributed by atoms with Gasteiger partial charge in [0.25, 0.3) is 0 Å². The van der Waals surface area contributed by atoms with Crippen molar-refractivity contribution in [3.63, 3.8) is 0 Å². The standard InChI is InChI=1S/C14H29O8P/c1-3-4-5-6-7-8-23(18,19)21-9-10-11(15)12(16)13(17)14(20-2)22-10/h10-17H,3-9H2,1-2H3,(H,18,19)/t10-,11-,12+,13-,14+/m1/s1. The third-order valence-electron chi connectivity index (χ3n) is 3.89. The maximum atomic E-state index is 11.9. The van der Waals surface area contributed by atoms with Crippen LogP contribution in [0.5, 0.6) is 0 Å². The lowest BCUT2D eigenvalue weighted by molar-refractivity contribution is -0.293. The number of ether oxygens (including phenoxy) is 2. The third-order valence-corrected chi connectivity index (χ3v) is 5.32. The van der Waals surface area contributed by atoms with E-state index in [0.29, 0.717) is 6.42 Å². The van der Waals surface area contributed by atoms with E-state index in [2.05, 4.69) is 6.92 Å². The van der Waals surface area contributed by atoms with Crippen molar-refractivity contribution in [1.82, 2.24) is 0 Å². The number of rotatable bonds is 10. The van der Waals surface area contributed by atoms with Crippen molar-refractivity contribution in [1.29, 1.82) is 0 Å². The van der Waals surface area contributed by atoms with Crippen LogP contribution in [0.2, 0.25) is 0 Å². The molecule has 1 saturated heterocycles. The molecule has 6 atom stereocenters. The molecule has 4 N–H and O–H groups in total. The molecule has 1 unspecified atom stereocenters. The van der Waals surface area contributed by atoms with Gasteiger partial charge in [0.1, 0.15) is 24.4 Å². The molecule has 1 rings (SSSR count). The molecular weight excluding hydrogens is 327 g/mol. The molecule has 1 aliphatic rings. The summed E-state index contributed by atoms with van der Waals surface area (Å²) in [6.07, 6.45) is -1.80. The summed E-state index contributed by atoms with van der Waals surface area (Å²) in [5.74, 6) is 0. The van der Waals surface area contributed by atoms with Crippen LogP contribution in [0.15, 0.2) is 0 Å². The molecule has 0 aromatic heterocycles. The van der Waals surface area contributed by atoms with E-state index in [1.165, 1.54) is 7.11 Å². The Kier molecular flexibility index (Phi) is 9.18. The first kappa shape index (κ1) is 21.0. The Morgan fingerprint density at radius 2 is 1.70 bits per heavy atom. The van der Waals surface area contributed by atoms with Gasteiger partial charge in [0, 0.05) is 13.3 Å². The average Bonchev–Trinajstić information content (AvgIpc) is 2.52. The van der Waals surface area contributed by atoms with Gasteiger partial charge in [0.2, 0.25) is 0 Å². The zero-order chi connectivity index (χ0) is 17.5. The highest BCUT2D eigenvalue weighted by Gasteiger charge is 2.44. The lowest BCUT2D eigenvalue weighted by Gasteiger charge is -2.39. The van der Waals surface area contributed by atoms with Crippen LogP contribution in [-0.2, 0) is 18.6 Å². The molecule has 0 bridgehead atoms. The number of aliphatic hydroxyl groups excluding tert-OH is 3. The summed E-state index contributed by atoms with van der Waals surface area (Å²) in [6.45, 7) is 1.72. The number of methoxy groups -OCH3 is 1. The predicted molar refractivity (Wildman–Crippen MR) is 83.1 cm³/mol. The molecule has 0 aliphatic carbocycles. The number of unbranched alkanes of at least 4 members (excludes halogenated alkanes) is 4. The van der Waals surface area contributed by atoms with Crippen LogP contribution in [-0.4, -0.2) is 70.8 Å². The Morgan fingerprint density at radius 1 is 1.04 bits per heavy atom. The molecule has 8 nitrogen and oxygen atoms in total. The van der Waals surface area contributed by atoms with Crippen LogP contribution in [0.1, 0.15) is 39.0 Å². The Hall–Kier alpha value is -0.0500. The van der Waals surface area contributed by atoms with Crippen molar-refractivity contribution in [2.75, 3.05) is 19.9 Å². The highest BCUT2D eigenvalue weighted by molar-refractivity contribution is 7.52. The average molecular weight is 356 g/mol. The van der Waals surface area contributed by atoms with Gasteiger partial charge >= 0.3 is 7.60 Å². The van der Waals surface area contributed by atoms with Gasteiger partial charge < -0.3 is 34.2 Å². The van der Waals surface area contributed by atoms with E-state index in [1.54, 1.807) is 0 Å². The minimum atomic E-state index is -3.77. The Morgan fingerprint density at radius 3 is 2.30 bits per heavy atom. The first-order chi connectivity index (χ1) is 10.8. The fourth-order valence-electron chi connectivity index (χ4n) is 2.42. The highest BCUT2D eigenvalue weighted by Crippen LogP contribution is 2.43. The van der Waals surface area contributed by atoms with Gasteiger partial charge in [-0.3, -0.25) is 4.57 Å². The van der Waals surface area contributed by atoms with E-state index >= 15 is 0 Å². The zero-order valence-corrected chi connectivity index (χ0v) is 14.6. The molecule has 0 spiro atoms. The maximum absolute atomic E-state index is 11.9. The predicted octanol–water partition coefficient (Wildman–Crippen LogP) is 0.613. The minimum Gasteiger partial charge on any atom is -0.387 e. The molecule has 138 valence electrons. The van der Waals surface area contributed by atoms with Crippen LogP contribution in [0.25, 0.3) is 0 Å². The van der Waals surface area contributed by atoms with Gasteiger partial charge in [-0.2, -0.15) is 0 Å². The maximum Gasteiger partial charge on any atom is 0.328 e. The van der Waals surface area contributed by atoms with Gasteiger partial charge in [-0.05, 0) is 6.42 Å². The van der Waals surface area contributed by atoms with E-state index in [1.807, 2.05) is 0 Å². The highest BCUT2D eigenvalue weighted by atomic mass is 31.2. The minimum absolute atomic E-state index is 0.0401. The lowest BCUT2D eigenvalue weighted by atomic mass is 9.99. The van der Waals surface area contributed by atoms with E-state index in [0.717, 1.165) is 25.7 Å². The smallest absolute Gasteiger partial charge is 0.328 e. The fourth-order valence-corrected chi connectivity index (χ4v) is 3.55. The number of hydrogen-bond donors (Lipinski definition) is 4. The van der Waals surface area contributed by atoms with Gasteiger partial charge in [0.15, 0.2) is 6.29 Å². The molecule has 0 aromatic rings. The molecule has 0 amide bonds. The van der Waals surface area contributed by atoms with E-state index < -0.39 is 38.3 Å². The Labute approximate surface area is 136 Å². The second-order valence-electron chi connectivity index (χ2n) is 5.82. The summed E-state index contributed by atoms with van der Waals surface area (Å²) in [5.41, 5.74) is 0. The van der Waals surface area contributed by atoms with Crippen LogP contribution in [0.3, 0.4) is 0 Å². The molecule has 0 radical (unpaired) electrons. The van der Waals surface area contributed by atoms with Crippen molar-refractivity contribution in [3.05, 3.63) is 0 Å². The third kappa shape index (κ3) is 6.76. The Bertz CT molecular complexity index is 378. The molecule has 1 fully saturated rings. The van der Waals surface area contributed by atoms with Crippen LogP contribution < -0.4 is 0 Å². The first-order valence-corrected chi connectivity index (χ1v) is 9.77. The molecule has 1 aliphatic heterocycles. The summed E-state index contributed by atoms with van der Waals surface area (Å²) in [5, 5.41) is 29.2. The fraction of sp³-hybridized carbons (Fsp3) is 1.00. The van der Waals surface area contributed by atoms with Gasteiger partial charge in [-0.1, -0.05) is 32.6 Å². The molecule has 1 heterocycles. The molecule has 9 heteroatoms. The van der Waals surface area contributed by atoms with Gasteiger partial charge in [0.05, 0.1) is 6.61 Å². The quantitative estimate of drug-likeness (QED) is 0.331. The van der Waals surface area contributed by atoms with Gasteiger partial charge in [-0.15, -0.1) is 0 Å². The van der Waals surface area contributed by atoms with Crippen molar-refractivity contribution in [2.24, 2.45) is 0 Å². The van der Waals surface area contributed by atoms with Crippen molar-refractivity contribution >= 4 is 7.60 Å². The summed E-state index contributed by atoms with van der Waals surface area (Å²) in [7, 11) is -2.49. The summed E-state index contributed by atoms with van der Waals surface area (Å²) >= 11 is 0. The molecular formula is C14H29O8P. The largest absolute Gasteiger partial charge is 0.387 e. The number of hydrogen-bond acceptors (Lipinski definition) is 7. The van der Waals surface area contributed by atoms with E-state index in [9.17, 15) is 24.8 Å². The second kappa shape index (κ2) is 10.1. The summed E-state index contributed by atoms with van der Waals surface area (Å²) < 4.78 is 27.0. The normalized spacial score (nSPS) is 34.3. The number of aliphatic hydroxyl groups is 3. The summed E-state index contributed by atoms with van der Waals surface area (Å²) in [4.78, 5) is 9.78. The Balaban J connectivity index is 2.41. The first-order valence-electron chi connectivity index (χ1n) is 8.01. The summed E-state index contributed by atoms with van der Waals surface area (Å²) in [6, 6.07) is 0. The molecule has 0 saturated carbocycles. The SMILES string of the molecule is CCCCCCCP(=O)(O)OC[C@H]1O[C@H](OC)[C@H](O)[C@@H](O)[C@@H]1O. The zero-order valence-electron chi connectivity index (χ0n) is 13.7. The van der Waals surface area contributed by atoms with Crippen molar-refractivity contribution in [3.8, 4) is 0 Å². The van der Waals surface area contributed by atoms with Crippen LogP contribution >= 0.6 is 7.60 Å².